The van der Waals surface area contributed by atoms with Crippen LogP contribution in [-0.2, 0) is 7.05 Å². The molecule has 0 aromatic carbocycles. The molecule has 0 aliphatic heterocycles. The monoisotopic (exact) mass is 242 g/mol. The summed E-state index contributed by atoms with van der Waals surface area (Å²) in [7, 11) is 1.92. The van der Waals surface area contributed by atoms with Crippen LogP contribution in [0.15, 0.2) is 11.5 Å². The first kappa shape index (κ1) is 13.5. The van der Waals surface area contributed by atoms with Gasteiger partial charge in [-0.25, -0.2) is 9.67 Å². The lowest BCUT2D eigenvalue weighted by Gasteiger charge is -2.06. The summed E-state index contributed by atoms with van der Waals surface area (Å²) in [5.74, 6) is 1.86. The summed E-state index contributed by atoms with van der Waals surface area (Å²) in [6.45, 7) is 6.70. The normalized spacial score (nSPS) is 11.2. The standard InChI is InChI=1S/C11H22N4S/c1-10(2)5-4-6-12-7-8-16-11-13-9-14-15(11)3/h9-10,12H,4-8H2,1-3H3. The Morgan fingerprint density at radius 3 is 2.88 bits per heavy atom. The summed E-state index contributed by atoms with van der Waals surface area (Å²) < 4.78 is 1.81. The summed E-state index contributed by atoms with van der Waals surface area (Å²) in [6, 6.07) is 0. The predicted octanol–water partition coefficient (Wildman–Crippen LogP) is 1.93. The van der Waals surface area contributed by atoms with E-state index in [1.807, 2.05) is 11.7 Å². The van der Waals surface area contributed by atoms with Gasteiger partial charge in [-0.15, -0.1) is 0 Å². The second-order valence-electron chi connectivity index (χ2n) is 4.30. The van der Waals surface area contributed by atoms with Crippen molar-refractivity contribution >= 4 is 11.8 Å². The lowest BCUT2D eigenvalue weighted by atomic mass is 10.1. The minimum absolute atomic E-state index is 0.815. The van der Waals surface area contributed by atoms with Gasteiger partial charge < -0.3 is 5.32 Å². The fourth-order valence-electron chi connectivity index (χ4n) is 1.39. The largest absolute Gasteiger partial charge is 0.316 e. The minimum Gasteiger partial charge on any atom is -0.316 e. The average molecular weight is 242 g/mol. The fourth-order valence-corrected chi connectivity index (χ4v) is 2.18. The van der Waals surface area contributed by atoms with Crippen LogP contribution in [0.2, 0.25) is 0 Å². The number of hydrogen-bond acceptors (Lipinski definition) is 4. The van der Waals surface area contributed by atoms with Gasteiger partial charge in [0.05, 0.1) is 0 Å². The minimum atomic E-state index is 0.815. The van der Waals surface area contributed by atoms with Gasteiger partial charge >= 0.3 is 0 Å². The van der Waals surface area contributed by atoms with Gasteiger partial charge in [-0.3, -0.25) is 0 Å². The number of thioether (sulfide) groups is 1. The van der Waals surface area contributed by atoms with E-state index in [4.69, 9.17) is 0 Å². The Morgan fingerprint density at radius 2 is 2.25 bits per heavy atom. The Morgan fingerprint density at radius 1 is 1.44 bits per heavy atom. The smallest absolute Gasteiger partial charge is 0.185 e. The van der Waals surface area contributed by atoms with Crippen LogP contribution in [0.4, 0.5) is 0 Å². The molecule has 0 aliphatic rings. The maximum atomic E-state index is 4.16. The second-order valence-corrected chi connectivity index (χ2v) is 5.36. The first-order valence-electron chi connectivity index (χ1n) is 5.87. The van der Waals surface area contributed by atoms with Crippen molar-refractivity contribution in [2.24, 2.45) is 13.0 Å². The Labute approximate surface area is 102 Å². The third-order valence-electron chi connectivity index (χ3n) is 2.31. The van der Waals surface area contributed by atoms with Crippen molar-refractivity contribution in [3.05, 3.63) is 6.33 Å². The molecule has 0 unspecified atom stereocenters. The van der Waals surface area contributed by atoms with E-state index >= 15 is 0 Å². The molecule has 1 heterocycles. The van der Waals surface area contributed by atoms with Crippen molar-refractivity contribution < 1.29 is 0 Å². The van der Waals surface area contributed by atoms with E-state index in [0.29, 0.717) is 0 Å². The van der Waals surface area contributed by atoms with E-state index in [2.05, 4.69) is 29.2 Å². The zero-order valence-corrected chi connectivity index (χ0v) is 11.3. The first-order chi connectivity index (χ1) is 7.70. The molecule has 0 bridgehead atoms. The molecule has 0 saturated carbocycles. The van der Waals surface area contributed by atoms with Crippen molar-refractivity contribution in [3.8, 4) is 0 Å². The highest BCUT2D eigenvalue weighted by molar-refractivity contribution is 7.99. The Bertz CT molecular complexity index is 285. The number of hydrogen-bond donors (Lipinski definition) is 1. The molecule has 1 aromatic heterocycles. The molecular formula is C11H22N4S. The van der Waals surface area contributed by atoms with Gasteiger partial charge in [-0.05, 0) is 25.3 Å². The Kier molecular flexibility index (Phi) is 6.49. The molecule has 1 N–H and O–H groups in total. The SMILES string of the molecule is CC(C)CCCNCCSc1ncnn1C. The molecule has 0 saturated heterocycles. The van der Waals surface area contributed by atoms with Crippen molar-refractivity contribution in [1.82, 2.24) is 20.1 Å². The lowest BCUT2D eigenvalue weighted by molar-refractivity contribution is 0.534. The van der Waals surface area contributed by atoms with Crippen LogP contribution >= 0.6 is 11.8 Å². The van der Waals surface area contributed by atoms with Gasteiger partial charge in [0.1, 0.15) is 6.33 Å². The maximum Gasteiger partial charge on any atom is 0.185 e. The topological polar surface area (TPSA) is 42.7 Å². The molecule has 0 radical (unpaired) electrons. The molecular weight excluding hydrogens is 220 g/mol. The second kappa shape index (κ2) is 7.68. The van der Waals surface area contributed by atoms with Crippen molar-refractivity contribution in [2.45, 2.75) is 31.8 Å². The summed E-state index contributed by atoms with van der Waals surface area (Å²) in [4.78, 5) is 4.16. The predicted molar refractivity (Wildman–Crippen MR) is 68.7 cm³/mol. The van der Waals surface area contributed by atoms with Crippen LogP contribution in [0.5, 0.6) is 0 Å². The molecule has 4 nitrogen and oxygen atoms in total. The molecule has 0 fully saturated rings. The van der Waals surface area contributed by atoms with Gasteiger partial charge in [0.2, 0.25) is 0 Å². The molecule has 0 amide bonds. The van der Waals surface area contributed by atoms with Crippen LogP contribution in [-0.4, -0.2) is 33.6 Å². The van der Waals surface area contributed by atoms with E-state index < -0.39 is 0 Å². The van der Waals surface area contributed by atoms with Crippen molar-refractivity contribution in [3.63, 3.8) is 0 Å². The zero-order chi connectivity index (χ0) is 11.8. The van der Waals surface area contributed by atoms with Gasteiger partial charge in [0.25, 0.3) is 0 Å². The highest BCUT2D eigenvalue weighted by atomic mass is 32.2. The van der Waals surface area contributed by atoms with Crippen LogP contribution in [0.25, 0.3) is 0 Å². The first-order valence-corrected chi connectivity index (χ1v) is 6.86. The molecule has 1 rings (SSSR count). The van der Waals surface area contributed by atoms with E-state index in [1.165, 1.54) is 12.8 Å². The van der Waals surface area contributed by atoms with E-state index in [0.717, 1.165) is 29.9 Å². The molecule has 0 atom stereocenters. The highest BCUT2D eigenvalue weighted by Gasteiger charge is 2.00. The van der Waals surface area contributed by atoms with Gasteiger partial charge in [0, 0.05) is 19.3 Å². The fraction of sp³-hybridized carbons (Fsp3) is 0.818. The summed E-state index contributed by atoms with van der Waals surface area (Å²) in [6.07, 6.45) is 4.17. The lowest BCUT2D eigenvalue weighted by Crippen LogP contribution is -2.19. The van der Waals surface area contributed by atoms with E-state index in [9.17, 15) is 0 Å². The Balaban J connectivity index is 1.94. The molecule has 5 heteroatoms. The quantitative estimate of drug-likeness (QED) is 0.559. The molecule has 92 valence electrons. The molecule has 0 aliphatic carbocycles. The zero-order valence-electron chi connectivity index (χ0n) is 10.4. The van der Waals surface area contributed by atoms with E-state index in [-0.39, 0.29) is 0 Å². The maximum absolute atomic E-state index is 4.16. The number of nitrogens with one attached hydrogen (secondary N) is 1. The number of nitrogens with zero attached hydrogens (tertiary/aromatic N) is 3. The summed E-state index contributed by atoms with van der Waals surface area (Å²) >= 11 is 1.74. The van der Waals surface area contributed by atoms with Crippen molar-refractivity contribution in [2.75, 3.05) is 18.8 Å². The third kappa shape index (κ3) is 5.51. The van der Waals surface area contributed by atoms with Gasteiger partial charge in [0.15, 0.2) is 5.16 Å². The van der Waals surface area contributed by atoms with E-state index in [1.54, 1.807) is 18.1 Å². The molecule has 16 heavy (non-hydrogen) atoms. The summed E-state index contributed by atoms with van der Waals surface area (Å²) in [5, 5.41) is 8.46. The van der Waals surface area contributed by atoms with Crippen LogP contribution < -0.4 is 5.32 Å². The third-order valence-corrected chi connectivity index (χ3v) is 3.35. The van der Waals surface area contributed by atoms with Gasteiger partial charge in [-0.2, -0.15) is 5.10 Å². The Hall–Kier alpha value is -0.550. The molecule has 0 spiro atoms. The number of aryl methyl sites for hydroxylation is 1. The highest BCUT2D eigenvalue weighted by Crippen LogP contribution is 2.11. The average Bonchev–Trinajstić information content (AvgIpc) is 2.62. The van der Waals surface area contributed by atoms with Crippen LogP contribution in [0.3, 0.4) is 0 Å². The summed E-state index contributed by atoms with van der Waals surface area (Å²) in [5.41, 5.74) is 0. The van der Waals surface area contributed by atoms with Crippen molar-refractivity contribution in [1.29, 1.82) is 0 Å². The molecule has 1 aromatic rings. The number of aromatic nitrogens is 3. The van der Waals surface area contributed by atoms with Crippen LogP contribution in [0, 0.1) is 5.92 Å². The van der Waals surface area contributed by atoms with Crippen LogP contribution in [0.1, 0.15) is 26.7 Å². The van der Waals surface area contributed by atoms with Gasteiger partial charge in [-0.1, -0.05) is 25.6 Å². The number of rotatable bonds is 8.